The first-order valence-electron chi connectivity index (χ1n) is 11.0. The summed E-state index contributed by atoms with van der Waals surface area (Å²) in [6.07, 6.45) is 4.75. The summed E-state index contributed by atoms with van der Waals surface area (Å²) in [6, 6.07) is 2.14. The highest BCUT2D eigenvalue weighted by molar-refractivity contribution is 7.21. The van der Waals surface area contributed by atoms with E-state index < -0.39 is 0 Å². The Bertz CT molecular complexity index is 1160. The van der Waals surface area contributed by atoms with E-state index in [4.69, 9.17) is 20.0 Å². The number of nitrogens with one attached hydrogen (secondary N) is 1. The molecule has 3 N–H and O–H groups in total. The summed E-state index contributed by atoms with van der Waals surface area (Å²) in [4.78, 5) is 20.7. The van der Waals surface area contributed by atoms with E-state index in [1.807, 2.05) is 5.01 Å². The van der Waals surface area contributed by atoms with E-state index in [-0.39, 0.29) is 17.2 Å². The zero-order valence-corrected chi connectivity index (χ0v) is 19.5. The molecule has 170 valence electrons. The molecule has 32 heavy (non-hydrogen) atoms. The lowest BCUT2D eigenvalue weighted by atomic mass is 9.71. The molecule has 9 nitrogen and oxygen atoms in total. The van der Waals surface area contributed by atoms with Crippen LogP contribution in [-0.4, -0.2) is 42.5 Å². The van der Waals surface area contributed by atoms with Crippen molar-refractivity contribution >= 4 is 39.0 Å². The van der Waals surface area contributed by atoms with Crippen molar-refractivity contribution < 1.29 is 18.8 Å². The number of anilines is 2. The molecule has 0 radical (unpaired) electrons. The van der Waals surface area contributed by atoms with E-state index in [1.165, 1.54) is 16.9 Å². The molecule has 1 aliphatic heterocycles. The third-order valence-corrected chi connectivity index (χ3v) is 7.60. The fraction of sp³-hybridized carbons (Fsp3) is 0.545. The number of hydrogen-bond donors (Lipinski definition) is 2. The first kappa shape index (κ1) is 21.1. The molecular weight excluding hydrogens is 428 g/mol. The summed E-state index contributed by atoms with van der Waals surface area (Å²) in [7, 11) is 0. The van der Waals surface area contributed by atoms with Crippen molar-refractivity contribution in [3.05, 3.63) is 28.4 Å². The number of pyridine rings is 1. The zero-order valence-electron chi connectivity index (χ0n) is 18.7. The molecule has 0 spiro atoms. The number of aryl methyl sites for hydroxylation is 1. The predicted molar refractivity (Wildman–Crippen MR) is 122 cm³/mol. The van der Waals surface area contributed by atoms with Crippen LogP contribution in [0.3, 0.4) is 0 Å². The number of fused-ring (bicyclic) bond motifs is 2. The fourth-order valence-corrected chi connectivity index (χ4v) is 5.44. The molecule has 10 heteroatoms. The van der Waals surface area contributed by atoms with Gasteiger partial charge in [0.05, 0.1) is 36.8 Å². The molecule has 0 aromatic carbocycles. The van der Waals surface area contributed by atoms with Gasteiger partial charge in [-0.1, -0.05) is 20.8 Å². The minimum Gasteiger partial charge on any atom is -0.397 e. The summed E-state index contributed by atoms with van der Waals surface area (Å²) >= 11 is 1.32. The Morgan fingerprint density at radius 1 is 1.34 bits per heavy atom. The van der Waals surface area contributed by atoms with Crippen LogP contribution >= 0.6 is 11.3 Å². The van der Waals surface area contributed by atoms with Gasteiger partial charge in [-0.05, 0) is 42.2 Å². The highest BCUT2D eigenvalue weighted by Crippen LogP contribution is 2.40. The summed E-state index contributed by atoms with van der Waals surface area (Å²) in [5.74, 6) is 0.557. The largest absolute Gasteiger partial charge is 0.397 e. The van der Waals surface area contributed by atoms with Crippen molar-refractivity contribution in [1.29, 1.82) is 0 Å². The van der Waals surface area contributed by atoms with Gasteiger partial charge in [-0.15, -0.1) is 16.3 Å². The number of aromatic nitrogens is 3. The minimum absolute atomic E-state index is 0.257. The summed E-state index contributed by atoms with van der Waals surface area (Å²) in [5.41, 5.74) is 9.52. The van der Waals surface area contributed by atoms with Crippen LogP contribution in [0.5, 0.6) is 0 Å². The molecule has 1 saturated heterocycles. The number of amides is 1. The molecule has 2 aliphatic rings. The van der Waals surface area contributed by atoms with E-state index >= 15 is 0 Å². The second kappa shape index (κ2) is 8.00. The third kappa shape index (κ3) is 3.93. The number of hydrogen-bond acceptors (Lipinski definition) is 8. The fourth-order valence-electron chi connectivity index (χ4n) is 4.45. The van der Waals surface area contributed by atoms with Crippen LogP contribution in [0.4, 0.5) is 11.6 Å². The van der Waals surface area contributed by atoms with Gasteiger partial charge in [0.25, 0.3) is 12.1 Å². The van der Waals surface area contributed by atoms with E-state index in [1.54, 1.807) is 11.0 Å². The van der Waals surface area contributed by atoms with E-state index in [0.717, 1.165) is 35.2 Å². The maximum atomic E-state index is 13.0. The molecule has 0 saturated carbocycles. The van der Waals surface area contributed by atoms with Gasteiger partial charge >= 0.3 is 5.88 Å². The molecular formula is C22H29N6O3S+. The van der Waals surface area contributed by atoms with Gasteiger partial charge < -0.3 is 10.5 Å². The van der Waals surface area contributed by atoms with Crippen LogP contribution in [-0.2, 0) is 17.6 Å². The Balaban J connectivity index is 1.37. The summed E-state index contributed by atoms with van der Waals surface area (Å²) < 4.78 is 10.6. The highest BCUT2D eigenvalue weighted by atomic mass is 32.1. The quantitative estimate of drug-likeness (QED) is 0.582. The average Bonchev–Trinajstić information content (AvgIpc) is 3.36. The molecule has 3 aromatic rings. The van der Waals surface area contributed by atoms with Crippen molar-refractivity contribution in [3.8, 4) is 0 Å². The van der Waals surface area contributed by atoms with Crippen LogP contribution in [0, 0.1) is 11.3 Å². The number of rotatable bonds is 3. The number of thiophene rings is 1. The Morgan fingerprint density at radius 2 is 2.12 bits per heavy atom. The van der Waals surface area contributed by atoms with Crippen LogP contribution in [0.1, 0.15) is 48.1 Å². The van der Waals surface area contributed by atoms with Crippen molar-refractivity contribution in [2.45, 2.75) is 40.0 Å². The lowest BCUT2D eigenvalue weighted by Crippen LogP contribution is -2.62. The van der Waals surface area contributed by atoms with Crippen molar-refractivity contribution in [2.75, 3.05) is 42.4 Å². The first-order chi connectivity index (χ1) is 15.3. The molecule has 5 rings (SSSR count). The van der Waals surface area contributed by atoms with Gasteiger partial charge in [-0.3, -0.25) is 14.6 Å². The third-order valence-electron chi connectivity index (χ3n) is 6.49. The maximum absolute atomic E-state index is 13.0. The molecule has 1 amide bonds. The first-order valence-corrected chi connectivity index (χ1v) is 11.8. The maximum Gasteiger partial charge on any atom is 0.306 e. The molecule has 1 aliphatic carbocycles. The Hall–Kier alpha value is -2.72. The summed E-state index contributed by atoms with van der Waals surface area (Å²) in [5, 5.41) is 9.60. The molecule has 0 bridgehead atoms. The lowest BCUT2D eigenvalue weighted by molar-refractivity contribution is -0.759. The average molecular weight is 458 g/mol. The Morgan fingerprint density at radius 3 is 2.88 bits per heavy atom. The number of ether oxygens (including phenoxy) is 1. The number of nitrogens with two attached hydrogens (primary N) is 1. The topological polar surface area (TPSA) is 110 Å². The van der Waals surface area contributed by atoms with Crippen molar-refractivity contribution in [3.63, 3.8) is 0 Å². The number of morpholine rings is 1. The van der Waals surface area contributed by atoms with Crippen molar-refractivity contribution in [2.24, 2.45) is 11.3 Å². The number of nitrogens with zero attached hydrogens (tertiary/aromatic N) is 4. The second-order valence-electron chi connectivity index (χ2n) is 9.60. The van der Waals surface area contributed by atoms with Crippen LogP contribution < -0.4 is 20.9 Å². The van der Waals surface area contributed by atoms with E-state index in [2.05, 4.69) is 37.4 Å². The Kier molecular flexibility index (Phi) is 5.29. The van der Waals surface area contributed by atoms with Gasteiger partial charge in [-0.2, -0.15) is 0 Å². The molecule has 1 unspecified atom stereocenters. The summed E-state index contributed by atoms with van der Waals surface area (Å²) in [6.45, 7) is 9.56. The predicted octanol–water partition coefficient (Wildman–Crippen LogP) is 2.53. The van der Waals surface area contributed by atoms with Gasteiger partial charge in [-0.25, -0.2) is 4.98 Å². The SMILES string of the molecule is CC(C)(C)C1CCc2nc3sc(C(=O)Nc4c[n+](N5CCOCC5)no4)c(N)c3cc2C1. The number of carbonyl (C=O) groups excluding carboxylic acids is 1. The Labute approximate surface area is 190 Å². The minimum atomic E-state index is -0.318. The van der Waals surface area contributed by atoms with Gasteiger partial charge in [0.15, 0.2) is 0 Å². The smallest absolute Gasteiger partial charge is 0.306 e. The molecule has 3 aromatic heterocycles. The normalized spacial score (nSPS) is 19.2. The standard InChI is InChI=1S/C22H28N6O3S/c1-22(2,3)14-4-5-16-13(10-14)11-15-18(23)19(32-21(15)24-16)20(29)25-17-12-28(26-31-17)27-6-8-30-9-7-27/h11-12,14H,4-10H2,1-3H3,(H2-,23,25,26,29)/p+1. The van der Waals surface area contributed by atoms with E-state index in [9.17, 15) is 4.79 Å². The number of carbonyl (C=O) groups is 1. The molecule has 1 fully saturated rings. The molecule has 1 atom stereocenters. The van der Waals surface area contributed by atoms with Crippen LogP contribution in [0.25, 0.3) is 10.2 Å². The van der Waals surface area contributed by atoms with Gasteiger partial charge in [0.1, 0.15) is 9.71 Å². The number of nitrogen functional groups attached to an aromatic ring is 1. The second-order valence-corrected chi connectivity index (χ2v) is 10.6. The van der Waals surface area contributed by atoms with Crippen LogP contribution in [0.15, 0.2) is 16.8 Å². The monoisotopic (exact) mass is 457 g/mol. The van der Waals surface area contributed by atoms with Gasteiger partial charge in [0, 0.05) is 11.1 Å². The van der Waals surface area contributed by atoms with E-state index in [0.29, 0.717) is 42.8 Å². The van der Waals surface area contributed by atoms with Gasteiger partial charge in [0.2, 0.25) is 5.27 Å². The zero-order chi connectivity index (χ0) is 22.5. The van der Waals surface area contributed by atoms with Crippen molar-refractivity contribution in [1.82, 2.24) is 10.3 Å². The highest BCUT2D eigenvalue weighted by Gasteiger charge is 2.31. The molecule has 4 heterocycles. The lowest BCUT2D eigenvalue weighted by Gasteiger charge is -2.34. The van der Waals surface area contributed by atoms with Crippen LogP contribution in [0.2, 0.25) is 0 Å².